The van der Waals surface area contributed by atoms with Crippen molar-refractivity contribution < 1.29 is 14.3 Å². The number of amides is 1. The molecule has 5 heteroatoms. The van der Waals surface area contributed by atoms with Crippen molar-refractivity contribution in [2.75, 3.05) is 18.5 Å². The van der Waals surface area contributed by atoms with Gasteiger partial charge in [0.2, 0.25) is 0 Å². The molecule has 0 spiro atoms. The van der Waals surface area contributed by atoms with Crippen molar-refractivity contribution in [3.63, 3.8) is 0 Å². The normalized spacial score (nSPS) is 17.0. The van der Waals surface area contributed by atoms with Crippen LogP contribution in [-0.4, -0.2) is 25.2 Å². The summed E-state index contributed by atoms with van der Waals surface area (Å²) in [6.45, 7) is 1.24. The Kier molecular flexibility index (Phi) is 5.16. The SMILES string of the molecule is O=C(Nc1cccc(Cl)c1)c1ccccc1OC[C@H]1CCCO1. The molecule has 0 radical (unpaired) electrons. The molecule has 4 nitrogen and oxygen atoms in total. The van der Waals surface area contributed by atoms with E-state index < -0.39 is 0 Å². The van der Waals surface area contributed by atoms with Crippen LogP contribution >= 0.6 is 11.6 Å². The van der Waals surface area contributed by atoms with Gasteiger partial charge in [0, 0.05) is 17.3 Å². The Labute approximate surface area is 140 Å². The molecule has 1 fully saturated rings. The number of rotatable bonds is 5. The van der Waals surface area contributed by atoms with E-state index >= 15 is 0 Å². The zero-order valence-electron chi connectivity index (χ0n) is 12.6. The summed E-state index contributed by atoms with van der Waals surface area (Å²) < 4.78 is 11.3. The molecule has 3 rings (SSSR count). The number of carbonyl (C=O) groups excluding carboxylic acids is 1. The van der Waals surface area contributed by atoms with Gasteiger partial charge >= 0.3 is 0 Å². The summed E-state index contributed by atoms with van der Waals surface area (Å²) in [5.41, 5.74) is 1.14. The molecule has 0 unspecified atom stereocenters. The summed E-state index contributed by atoms with van der Waals surface area (Å²) in [6, 6.07) is 14.2. The van der Waals surface area contributed by atoms with Gasteiger partial charge in [0.25, 0.3) is 5.91 Å². The third-order valence-corrected chi connectivity index (χ3v) is 3.90. The summed E-state index contributed by atoms with van der Waals surface area (Å²) in [7, 11) is 0. The third-order valence-electron chi connectivity index (χ3n) is 3.66. The number of benzene rings is 2. The maximum atomic E-state index is 12.5. The Morgan fingerprint density at radius 3 is 2.91 bits per heavy atom. The van der Waals surface area contributed by atoms with Crippen LogP contribution in [0.1, 0.15) is 23.2 Å². The molecule has 0 saturated carbocycles. The summed E-state index contributed by atoms with van der Waals surface area (Å²) in [5, 5.41) is 3.41. The van der Waals surface area contributed by atoms with Crippen molar-refractivity contribution in [2.24, 2.45) is 0 Å². The van der Waals surface area contributed by atoms with Crippen LogP contribution in [0.25, 0.3) is 0 Å². The minimum absolute atomic E-state index is 0.110. The van der Waals surface area contributed by atoms with Crippen molar-refractivity contribution in [3.8, 4) is 5.75 Å². The minimum atomic E-state index is -0.227. The van der Waals surface area contributed by atoms with E-state index in [2.05, 4.69) is 5.32 Å². The van der Waals surface area contributed by atoms with E-state index in [4.69, 9.17) is 21.1 Å². The second-order valence-corrected chi connectivity index (χ2v) is 5.84. The zero-order chi connectivity index (χ0) is 16.1. The van der Waals surface area contributed by atoms with Gasteiger partial charge in [-0.1, -0.05) is 29.8 Å². The first kappa shape index (κ1) is 15.8. The topological polar surface area (TPSA) is 47.6 Å². The second kappa shape index (κ2) is 7.49. The number of hydrogen-bond acceptors (Lipinski definition) is 3. The van der Waals surface area contributed by atoms with Gasteiger partial charge in [-0.05, 0) is 43.2 Å². The predicted octanol–water partition coefficient (Wildman–Crippen LogP) is 4.15. The fourth-order valence-corrected chi connectivity index (χ4v) is 2.69. The van der Waals surface area contributed by atoms with Crippen LogP contribution < -0.4 is 10.1 Å². The van der Waals surface area contributed by atoms with Crippen LogP contribution in [0.5, 0.6) is 5.75 Å². The first-order valence-electron chi connectivity index (χ1n) is 7.63. The van der Waals surface area contributed by atoms with Crippen molar-refractivity contribution >= 4 is 23.2 Å². The van der Waals surface area contributed by atoms with Gasteiger partial charge in [-0.25, -0.2) is 0 Å². The first-order valence-corrected chi connectivity index (χ1v) is 8.00. The molecule has 1 saturated heterocycles. The van der Waals surface area contributed by atoms with Crippen LogP contribution in [0, 0.1) is 0 Å². The van der Waals surface area contributed by atoms with Crippen LogP contribution in [0.15, 0.2) is 48.5 Å². The summed E-state index contributed by atoms with van der Waals surface area (Å²) >= 11 is 5.94. The van der Waals surface area contributed by atoms with Gasteiger partial charge in [0.05, 0.1) is 11.7 Å². The smallest absolute Gasteiger partial charge is 0.259 e. The lowest BCUT2D eigenvalue weighted by molar-refractivity contribution is 0.0673. The van der Waals surface area contributed by atoms with Gasteiger partial charge in [-0.15, -0.1) is 0 Å². The number of nitrogens with one attached hydrogen (secondary N) is 1. The average Bonchev–Trinajstić information content (AvgIpc) is 3.06. The van der Waals surface area contributed by atoms with E-state index in [9.17, 15) is 4.79 Å². The molecule has 23 heavy (non-hydrogen) atoms. The molecule has 1 heterocycles. The van der Waals surface area contributed by atoms with Gasteiger partial charge in [0.15, 0.2) is 0 Å². The quantitative estimate of drug-likeness (QED) is 0.895. The fourth-order valence-electron chi connectivity index (χ4n) is 2.50. The lowest BCUT2D eigenvalue weighted by Crippen LogP contribution is -2.19. The molecule has 1 atom stereocenters. The van der Waals surface area contributed by atoms with Crippen molar-refractivity contribution in [1.82, 2.24) is 0 Å². The summed E-state index contributed by atoms with van der Waals surface area (Å²) in [5.74, 6) is 0.331. The molecule has 120 valence electrons. The van der Waals surface area contributed by atoms with E-state index in [1.807, 2.05) is 12.1 Å². The van der Waals surface area contributed by atoms with E-state index in [-0.39, 0.29) is 12.0 Å². The van der Waals surface area contributed by atoms with Crippen LogP contribution in [0.3, 0.4) is 0 Å². The van der Waals surface area contributed by atoms with E-state index in [1.54, 1.807) is 36.4 Å². The number of hydrogen-bond donors (Lipinski definition) is 1. The molecule has 0 bridgehead atoms. The maximum absolute atomic E-state index is 12.5. The highest BCUT2D eigenvalue weighted by Crippen LogP contribution is 2.22. The Morgan fingerprint density at radius 1 is 1.26 bits per heavy atom. The van der Waals surface area contributed by atoms with Crippen molar-refractivity contribution in [3.05, 3.63) is 59.1 Å². The molecular weight excluding hydrogens is 314 g/mol. The maximum Gasteiger partial charge on any atom is 0.259 e. The van der Waals surface area contributed by atoms with Crippen LogP contribution in [0.2, 0.25) is 5.02 Å². The summed E-state index contributed by atoms with van der Waals surface area (Å²) in [6.07, 6.45) is 2.17. The second-order valence-electron chi connectivity index (χ2n) is 5.41. The number of halogens is 1. The Hall–Kier alpha value is -2.04. The molecule has 0 aromatic heterocycles. The zero-order valence-corrected chi connectivity index (χ0v) is 13.4. The third kappa shape index (κ3) is 4.24. The summed E-state index contributed by atoms with van der Waals surface area (Å²) in [4.78, 5) is 12.5. The fraction of sp³-hybridized carbons (Fsp3) is 0.278. The molecule has 1 N–H and O–H groups in total. The molecule has 0 aliphatic carbocycles. The van der Waals surface area contributed by atoms with E-state index in [0.29, 0.717) is 28.6 Å². The van der Waals surface area contributed by atoms with Gasteiger partial charge in [0.1, 0.15) is 12.4 Å². The lowest BCUT2D eigenvalue weighted by Gasteiger charge is -2.14. The van der Waals surface area contributed by atoms with Gasteiger partial charge < -0.3 is 14.8 Å². The predicted molar refractivity (Wildman–Crippen MR) is 90.3 cm³/mol. The molecule has 1 amide bonds. The van der Waals surface area contributed by atoms with Crippen LogP contribution in [-0.2, 0) is 4.74 Å². The van der Waals surface area contributed by atoms with E-state index in [0.717, 1.165) is 19.4 Å². The van der Waals surface area contributed by atoms with Crippen molar-refractivity contribution in [2.45, 2.75) is 18.9 Å². The van der Waals surface area contributed by atoms with Gasteiger partial charge in [-0.3, -0.25) is 4.79 Å². The molecule has 1 aliphatic heterocycles. The minimum Gasteiger partial charge on any atom is -0.490 e. The number of anilines is 1. The Morgan fingerprint density at radius 2 is 2.13 bits per heavy atom. The van der Waals surface area contributed by atoms with Crippen molar-refractivity contribution in [1.29, 1.82) is 0 Å². The van der Waals surface area contributed by atoms with Crippen LogP contribution in [0.4, 0.5) is 5.69 Å². The highest BCUT2D eigenvalue weighted by Gasteiger charge is 2.18. The number of carbonyl (C=O) groups is 1. The molecule has 2 aromatic rings. The Balaban J connectivity index is 1.69. The average molecular weight is 332 g/mol. The van der Waals surface area contributed by atoms with Gasteiger partial charge in [-0.2, -0.15) is 0 Å². The largest absolute Gasteiger partial charge is 0.490 e. The number of para-hydroxylation sites is 1. The number of ether oxygens (including phenoxy) is 2. The highest BCUT2D eigenvalue weighted by molar-refractivity contribution is 6.31. The van der Waals surface area contributed by atoms with E-state index in [1.165, 1.54) is 0 Å². The Bertz CT molecular complexity index is 683. The molecule has 2 aromatic carbocycles. The monoisotopic (exact) mass is 331 g/mol. The lowest BCUT2D eigenvalue weighted by atomic mass is 10.1. The highest BCUT2D eigenvalue weighted by atomic mass is 35.5. The molecule has 1 aliphatic rings. The molecular formula is C18H18ClNO3. The standard InChI is InChI=1S/C18H18ClNO3/c19-13-5-3-6-14(11-13)20-18(21)16-8-1-2-9-17(16)23-12-15-7-4-10-22-15/h1-3,5-6,8-9,11,15H,4,7,10,12H2,(H,20,21)/t15-/m1/s1. The first-order chi connectivity index (χ1) is 11.2.